The molecule has 0 fully saturated rings. The molecular formula is C10H15N3S. The van der Waals surface area contributed by atoms with E-state index in [0.717, 1.165) is 30.0 Å². The zero-order chi connectivity index (χ0) is 10.4. The summed E-state index contributed by atoms with van der Waals surface area (Å²) in [6, 6.07) is 2.30. The van der Waals surface area contributed by atoms with Gasteiger partial charge < -0.3 is 5.73 Å². The zero-order valence-electron chi connectivity index (χ0n) is 8.36. The van der Waals surface area contributed by atoms with Crippen molar-refractivity contribution in [2.45, 2.75) is 38.6 Å². The lowest BCUT2D eigenvalue weighted by atomic mass is 10.1. The largest absolute Gasteiger partial charge is 0.327 e. The highest BCUT2D eigenvalue weighted by molar-refractivity contribution is 7.09. The number of rotatable bonds is 5. The molecular weight excluding hydrogens is 194 g/mol. The summed E-state index contributed by atoms with van der Waals surface area (Å²) >= 11 is 1.55. The van der Waals surface area contributed by atoms with Crippen molar-refractivity contribution in [2.75, 3.05) is 0 Å². The smallest absolute Gasteiger partial charge is 0.107 e. The lowest BCUT2D eigenvalue weighted by Gasteiger charge is -2.06. The predicted octanol–water partition coefficient (Wildman–Crippen LogP) is 1.88. The molecule has 0 aliphatic carbocycles. The van der Waals surface area contributed by atoms with Gasteiger partial charge in [0, 0.05) is 17.8 Å². The van der Waals surface area contributed by atoms with Crippen molar-refractivity contribution in [1.82, 2.24) is 4.98 Å². The van der Waals surface area contributed by atoms with Crippen molar-refractivity contribution in [2.24, 2.45) is 5.73 Å². The Morgan fingerprint density at radius 1 is 1.71 bits per heavy atom. The molecule has 0 amide bonds. The number of hydrogen-bond donors (Lipinski definition) is 1. The second-order valence-electron chi connectivity index (χ2n) is 3.32. The van der Waals surface area contributed by atoms with Crippen LogP contribution in [0.4, 0.5) is 0 Å². The van der Waals surface area contributed by atoms with E-state index < -0.39 is 0 Å². The predicted molar refractivity (Wildman–Crippen MR) is 58.0 cm³/mol. The minimum atomic E-state index is 0.206. The summed E-state index contributed by atoms with van der Waals surface area (Å²) in [5, 5.41) is 11.4. The van der Waals surface area contributed by atoms with Crippen LogP contribution in [0.25, 0.3) is 0 Å². The maximum atomic E-state index is 8.49. The summed E-state index contributed by atoms with van der Waals surface area (Å²) in [6.45, 7) is 2.13. The lowest BCUT2D eigenvalue weighted by Crippen LogP contribution is -2.22. The molecule has 0 radical (unpaired) electrons. The van der Waals surface area contributed by atoms with Gasteiger partial charge in [-0.3, -0.25) is 0 Å². The summed E-state index contributed by atoms with van der Waals surface area (Å²) in [5.41, 5.74) is 6.93. The van der Waals surface area contributed by atoms with Gasteiger partial charge in [-0.25, -0.2) is 4.98 Å². The number of nitrogens with zero attached hydrogens (tertiary/aromatic N) is 2. The summed E-state index contributed by atoms with van der Waals surface area (Å²) in [6.07, 6.45) is 3.38. The first-order chi connectivity index (χ1) is 6.76. The first kappa shape index (κ1) is 11.2. The monoisotopic (exact) mass is 209 g/mol. The molecule has 2 N–H and O–H groups in total. The van der Waals surface area contributed by atoms with Gasteiger partial charge in [0.05, 0.1) is 18.2 Å². The van der Waals surface area contributed by atoms with Crippen molar-refractivity contribution in [1.29, 1.82) is 5.26 Å². The minimum absolute atomic E-state index is 0.206. The van der Waals surface area contributed by atoms with Gasteiger partial charge in [-0.1, -0.05) is 13.3 Å². The van der Waals surface area contributed by atoms with E-state index in [0.29, 0.717) is 6.42 Å². The second kappa shape index (κ2) is 5.74. The molecule has 0 aromatic carbocycles. The molecule has 1 heterocycles. The Kier molecular flexibility index (Phi) is 4.57. The van der Waals surface area contributed by atoms with Gasteiger partial charge in [-0.05, 0) is 6.42 Å². The highest BCUT2D eigenvalue weighted by atomic mass is 32.1. The number of aromatic nitrogens is 1. The van der Waals surface area contributed by atoms with E-state index in [1.54, 1.807) is 11.3 Å². The quantitative estimate of drug-likeness (QED) is 0.805. The average molecular weight is 209 g/mol. The fraction of sp³-hybridized carbons (Fsp3) is 0.600. The topological polar surface area (TPSA) is 62.7 Å². The van der Waals surface area contributed by atoms with E-state index >= 15 is 0 Å². The normalized spacial score (nSPS) is 12.4. The van der Waals surface area contributed by atoms with Crippen LogP contribution in [-0.4, -0.2) is 11.0 Å². The Morgan fingerprint density at radius 3 is 3.14 bits per heavy atom. The first-order valence-electron chi connectivity index (χ1n) is 4.82. The van der Waals surface area contributed by atoms with Gasteiger partial charge in [0.15, 0.2) is 0 Å². The van der Waals surface area contributed by atoms with Crippen molar-refractivity contribution in [3.8, 4) is 6.07 Å². The van der Waals surface area contributed by atoms with Gasteiger partial charge in [0.1, 0.15) is 5.01 Å². The molecule has 1 aromatic rings. The van der Waals surface area contributed by atoms with Crippen molar-refractivity contribution in [3.05, 3.63) is 16.1 Å². The maximum Gasteiger partial charge on any atom is 0.107 e. The van der Waals surface area contributed by atoms with Gasteiger partial charge in [0.25, 0.3) is 0 Å². The highest BCUT2D eigenvalue weighted by Gasteiger charge is 2.06. The van der Waals surface area contributed by atoms with Crippen LogP contribution in [-0.2, 0) is 12.8 Å². The Hall–Kier alpha value is -0.920. The van der Waals surface area contributed by atoms with Crippen LogP contribution < -0.4 is 5.73 Å². The molecule has 0 saturated heterocycles. The lowest BCUT2D eigenvalue weighted by molar-refractivity contribution is 0.594. The van der Waals surface area contributed by atoms with E-state index in [2.05, 4.69) is 18.0 Å². The van der Waals surface area contributed by atoms with Gasteiger partial charge in [-0.15, -0.1) is 11.3 Å². The van der Waals surface area contributed by atoms with Crippen LogP contribution in [0.3, 0.4) is 0 Å². The number of thiazole rings is 1. The minimum Gasteiger partial charge on any atom is -0.327 e. The Morgan fingerprint density at radius 2 is 2.50 bits per heavy atom. The van der Waals surface area contributed by atoms with Crippen LogP contribution in [0.1, 0.15) is 30.5 Å². The summed E-state index contributed by atoms with van der Waals surface area (Å²) < 4.78 is 0. The molecule has 1 unspecified atom stereocenters. The van der Waals surface area contributed by atoms with Crippen LogP contribution in [0.2, 0.25) is 0 Å². The number of nitriles is 1. The molecule has 0 spiro atoms. The Bertz CT molecular complexity index is 313. The third-order valence-corrected chi connectivity index (χ3v) is 2.86. The number of nitrogens with two attached hydrogens (primary N) is 1. The molecule has 0 saturated carbocycles. The van der Waals surface area contributed by atoms with Crippen molar-refractivity contribution in [3.63, 3.8) is 0 Å². The Balaban J connectivity index is 2.47. The van der Waals surface area contributed by atoms with Crippen LogP contribution >= 0.6 is 11.3 Å². The molecule has 3 nitrogen and oxygen atoms in total. The summed E-state index contributed by atoms with van der Waals surface area (Å²) in [4.78, 5) is 4.34. The molecule has 14 heavy (non-hydrogen) atoms. The average Bonchev–Trinajstić information content (AvgIpc) is 2.53. The summed E-state index contributed by atoms with van der Waals surface area (Å²) in [7, 11) is 0. The third-order valence-electron chi connectivity index (χ3n) is 1.96. The van der Waals surface area contributed by atoms with Gasteiger partial charge in [-0.2, -0.15) is 5.26 Å². The van der Waals surface area contributed by atoms with Crippen molar-refractivity contribution < 1.29 is 0 Å². The molecule has 0 bridgehead atoms. The molecule has 1 atom stereocenters. The number of hydrogen-bond acceptors (Lipinski definition) is 4. The molecule has 1 rings (SSSR count). The third kappa shape index (κ3) is 3.44. The molecule has 4 heteroatoms. The molecule has 76 valence electrons. The van der Waals surface area contributed by atoms with Crippen LogP contribution in [0, 0.1) is 11.3 Å². The standard InChI is InChI=1S/C10H15N3S/c1-2-3-8(12)6-9-7-14-10(13-9)4-5-11/h7-8H,2-4,6,12H2,1H3. The van der Waals surface area contributed by atoms with E-state index in [1.807, 2.05) is 5.38 Å². The SMILES string of the molecule is CCCC(N)Cc1csc(CC#N)n1. The summed E-state index contributed by atoms with van der Waals surface area (Å²) in [5.74, 6) is 0. The Labute approximate surface area is 88.6 Å². The highest BCUT2D eigenvalue weighted by Crippen LogP contribution is 2.12. The first-order valence-corrected chi connectivity index (χ1v) is 5.70. The van der Waals surface area contributed by atoms with Crippen molar-refractivity contribution >= 4 is 11.3 Å². The fourth-order valence-corrected chi connectivity index (χ4v) is 2.07. The molecule has 0 aliphatic rings. The van der Waals surface area contributed by atoms with E-state index in [9.17, 15) is 0 Å². The fourth-order valence-electron chi connectivity index (χ4n) is 1.33. The van der Waals surface area contributed by atoms with E-state index in [4.69, 9.17) is 11.0 Å². The van der Waals surface area contributed by atoms with Crippen LogP contribution in [0.5, 0.6) is 0 Å². The maximum absolute atomic E-state index is 8.49. The zero-order valence-corrected chi connectivity index (χ0v) is 9.18. The van der Waals surface area contributed by atoms with Gasteiger partial charge in [0.2, 0.25) is 0 Å². The molecule has 1 aromatic heterocycles. The van der Waals surface area contributed by atoms with Crippen LogP contribution in [0.15, 0.2) is 5.38 Å². The van der Waals surface area contributed by atoms with E-state index in [1.165, 1.54) is 0 Å². The van der Waals surface area contributed by atoms with Gasteiger partial charge >= 0.3 is 0 Å². The van der Waals surface area contributed by atoms with E-state index in [-0.39, 0.29) is 6.04 Å². The molecule has 0 aliphatic heterocycles. The second-order valence-corrected chi connectivity index (χ2v) is 4.26.